The van der Waals surface area contributed by atoms with E-state index >= 15 is 0 Å². The SMILES string of the molecule is CC(Nc1ccc(C#N)c(F)c1F)c1ccc(Cl)cc1Cl. The van der Waals surface area contributed by atoms with Crippen LogP contribution >= 0.6 is 23.2 Å². The maximum Gasteiger partial charge on any atom is 0.183 e. The van der Waals surface area contributed by atoms with Crippen LogP contribution in [0.3, 0.4) is 0 Å². The number of nitriles is 1. The lowest BCUT2D eigenvalue weighted by Gasteiger charge is -2.18. The quantitative estimate of drug-likeness (QED) is 0.828. The summed E-state index contributed by atoms with van der Waals surface area (Å²) in [5.41, 5.74) is 0.325. The minimum atomic E-state index is -1.17. The van der Waals surface area contributed by atoms with Crippen molar-refractivity contribution in [3.8, 4) is 6.07 Å². The number of hydrogen-bond acceptors (Lipinski definition) is 2. The van der Waals surface area contributed by atoms with E-state index in [2.05, 4.69) is 5.32 Å². The van der Waals surface area contributed by atoms with Crippen LogP contribution in [-0.4, -0.2) is 0 Å². The van der Waals surface area contributed by atoms with Crippen LogP contribution in [0.5, 0.6) is 0 Å². The Bertz CT molecular complexity index is 726. The third kappa shape index (κ3) is 3.26. The van der Waals surface area contributed by atoms with Gasteiger partial charge in [0, 0.05) is 10.0 Å². The van der Waals surface area contributed by atoms with E-state index in [4.69, 9.17) is 28.5 Å². The monoisotopic (exact) mass is 326 g/mol. The Morgan fingerprint density at radius 1 is 1.14 bits per heavy atom. The van der Waals surface area contributed by atoms with E-state index in [1.807, 2.05) is 0 Å². The summed E-state index contributed by atoms with van der Waals surface area (Å²) in [5, 5.41) is 12.4. The van der Waals surface area contributed by atoms with Crippen LogP contribution in [0.15, 0.2) is 30.3 Å². The second-order valence-electron chi connectivity index (χ2n) is 4.43. The van der Waals surface area contributed by atoms with Crippen molar-refractivity contribution in [2.75, 3.05) is 5.32 Å². The zero-order chi connectivity index (χ0) is 15.6. The van der Waals surface area contributed by atoms with Crippen LogP contribution in [0, 0.1) is 23.0 Å². The van der Waals surface area contributed by atoms with E-state index in [-0.39, 0.29) is 17.3 Å². The van der Waals surface area contributed by atoms with Gasteiger partial charge < -0.3 is 5.32 Å². The van der Waals surface area contributed by atoms with Gasteiger partial charge >= 0.3 is 0 Å². The van der Waals surface area contributed by atoms with Gasteiger partial charge in [-0.3, -0.25) is 0 Å². The van der Waals surface area contributed by atoms with Gasteiger partial charge in [0.05, 0.1) is 17.3 Å². The van der Waals surface area contributed by atoms with Crippen molar-refractivity contribution in [3.05, 3.63) is 63.1 Å². The molecule has 1 atom stereocenters. The number of nitrogens with one attached hydrogen (secondary N) is 1. The Balaban J connectivity index is 2.30. The molecule has 0 aliphatic rings. The van der Waals surface area contributed by atoms with Gasteiger partial charge in [-0.25, -0.2) is 8.78 Å². The van der Waals surface area contributed by atoms with E-state index in [0.717, 1.165) is 0 Å². The van der Waals surface area contributed by atoms with Crippen molar-refractivity contribution in [2.45, 2.75) is 13.0 Å². The molecule has 2 nitrogen and oxygen atoms in total. The molecule has 0 saturated heterocycles. The fourth-order valence-electron chi connectivity index (χ4n) is 1.91. The van der Waals surface area contributed by atoms with Crippen molar-refractivity contribution in [3.63, 3.8) is 0 Å². The van der Waals surface area contributed by atoms with Crippen LogP contribution in [0.4, 0.5) is 14.5 Å². The van der Waals surface area contributed by atoms with Gasteiger partial charge in [-0.1, -0.05) is 29.3 Å². The maximum atomic E-state index is 13.8. The first kappa shape index (κ1) is 15.6. The second kappa shape index (κ2) is 6.30. The predicted molar refractivity (Wildman–Crippen MR) is 79.6 cm³/mol. The largest absolute Gasteiger partial charge is 0.376 e. The second-order valence-corrected chi connectivity index (χ2v) is 5.28. The zero-order valence-corrected chi connectivity index (χ0v) is 12.4. The molecule has 2 aromatic rings. The molecule has 1 unspecified atom stereocenters. The lowest BCUT2D eigenvalue weighted by atomic mass is 10.1. The third-order valence-corrected chi connectivity index (χ3v) is 3.57. The fourth-order valence-corrected chi connectivity index (χ4v) is 2.48. The standard InChI is InChI=1S/C15H10Cl2F2N2/c1-8(11-4-3-10(16)6-12(11)17)21-13-5-2-9(7-20)14(18)15(13)19/h2-6,8,21H,1H3. The normalized spacial score (nSPS) is 11.8. The van der Waals surface area contributed by atoms with Gasteiger partial charge in [0.15, 0.2) is 11.6 Å². The number of anilines is 1. The molecule has 0 aliphatic heterocycles. The summed E-state index contributed by atoms with van der Waals surface area (Å²) >= 11 is 11.9. The van der Waals surface area contributed by atoms with Crippen LogP contribution in [-0.2, 0) is 0 Å². The first-order valence-electron chi connectivity index (χ1n) is 6.03. The topological polar surface area (TPSA) is 35.8 Å². The molecule has 0 fully saturated rings. The minimum absolute atomic E-state index is 0.0370. The first-order valence-corrected chi connectivity index (χ1v) is 6.79. The number of hydrogen-bond donors (Lipinski definition) is 1. The van der Waals surface area contributed by atoms with E-state index in [9.17, 15) is 8.78 Å². The van der Waals surface area contributed by atoms with Gasteiger partial charge in [-0.15, -0.1) is 0 Å². The Morgan fingerprint density at radius 2 is 1.86 bits per heavy atom. The number of halogens is 4. The average molecular weight is 327 g/mol. The molecule has 0 amide bonds. The highest BCUT2D eigenvalue weighted by atomic mass is 35.5. The molecule has 0 radical (unpaired) electrons. The lowest BCUT2D eigenvalue weighted by Crippen LogP contribution is -2.09. The molecule has 0 saturated carbocycles. The molecule has 2 aromatic carbocycles. The molecule has 1 N–H and O–H groups in total. The molecule has 0 aliphatic carbocycles. The summed E-state index contributed by atoms with van der Waals surface area (Å²) < 4.78 is 27.4. The molecule has 0 spiro atoms. The third-order valence-electron chi connectivity index (χ3n) is 3.00. The summed E-state index contributed by atoms with van der Waals surface area (Å²) in [6.07, 6.45) is 0. The van der Waals surface area contributed by atoms with Crippen molar-refractivity contribution in [2.24, 2.45) is 0 Å². The number of rotatable bonds is 3. The van der Waals surface area contributed by atoms with E-state index in [1.54, 1.807) is 31.2 Å². The van der Waals surface area contributed by atoms with Crippen LogP contribution in [0.2, 0.25) is 10.0 Å². The van der Waals surface area contributed by atoms with E-state index in [1.165, 1.54) is 12.1 Å². The average Bonchev–Trinajstić information content (AvgIpc) is 2.44. The molecule has 2 rings (SSSR count). The molecule has 6 heteroatoms. The van der Waals surface area contributed by atoms with Crippen LogP contribution in [0.1, 0.15) is 24.1 Å². The highest BCUT2D eigenvalue weighted by Gasteiger charge is 2.16. The highest BCUT2D eigenvalue weighted by Crippen LogP contribution is 2.30. The summed E-state index contributed by atoms with van der Waals surface area (Å²) in [5.74, 6) is -2.26. The highest BCUT2D eigenvalue weighted by molar-refractivity contribution is 6.35. The van der Waals surface area contributed by atoms with Crippen molar-refractivity contribution >= 4 is 28.9 Å². The fraction of sp³-hybridized carbons (Fsp3) is 0.133. The first-order chi connectivity index (χ1) is 9.93. The van der Waals surface area contributed by atoms with Crippen molar-refractivity contribution < 1.29 is 8.78 Å². The van der Waals surface area contributed by atoms with Crippen LogP contribution < -0.4 is 5.32 Å². The van der Waals surface area contributed by atoms with Crippen molar-refractivity contribution in [1.29, 1.82) is 5.26 Å². The molecule has 0 bridgehead atoms. The zero-order valence-electron chi connectivity index (χ0n) is 10.9. The minimum Gasteiger partial charge on any atom is -0.376 e. The molecular formula is C15H10Cl2F2N2. The number of benzene rings is 2. The summed E-state index contributed by atoms with van der Waals surface area (Å²) in [4.78, 5) is 0. The van der Waals surface area contributed by atoms with Gasteiger partial charge in [-0.2, -0.15) is 5.26 Å². The Kier molecular flexibility index (Phi) is 4.66. The summed E-state index contributed by atoms with van der Waals surface area (Å²) in [6, 6.07) is 8.70. The summed E-state index contributed by atoms with van der Waals surface area (Å²) in [6.45, 7) is 1.75. The van der Waals surface area contributed by atoms with Gasteiger partial charge in [0.25, 0.3) is 0 Å². The van der Waals surface area contributed by atoms with E-state index in [0.29, 0.717) is 15.6 Å². The smallest absolute Gasteiger partial charge is 0.183 e. The molecule has 21 heavy (non-hydrogen) atoms. The van der Waals surface area contributed by atoms with Gasteiger partial charge in [-0.05, 0) is 36.8 Å². The number of nitrogens with zero attached hydrogens (tertiary/aromatic N) is 1. The van der Waals surface area contributed by atoms with E-state index < -0.39 is 11.6 Å². The predicted octanol–water partition coefficient (Wildman–Crippen LogP) is 5.32. The molecule has 108 valence electrons. The van der Waals surface area contributed by atoms with Crippen LogP contribution in [0.25, 0.3) is 0 Å². The molecule has 0 heterocycles. The molecule has 0 aromatic heterocycles. The Labute approximate surface area is 130 Å². The lowest BCUT2D eigenvalue weighted by molar-refractivity contribution is 0.507. The molecular weight excluding hydrogens is 317 g/mol. The Hall–Kier alpha value is -1.83. The maximum absolute atomic E-state index is 13.8. The Morgan fingerprint density at radius 3 is 2.48 bits per heavy atom. The summed E-state index contributed by atoms with van der Waals surface area (Å²) in [7, 11) is 0. The van der Waals surface area contributed by atoms with Crippen molar-refractivity contribution in [1.82, 2.24) is 0 Å². The van der Waals surface area contributed by atoms with Gasteiger partial charge in [0.1, 0.15) is 6.07 Å². The van der Waals surface area contributed by atoms with Gasteiger partial charge in [0.2, 0.25) is 0 Å².